The van der Waals surface area contributed by atoms with Crippen molar-refractivity contribution in [3.05, 3.63) is 41.0 Å². The molecule has 1 aliphatic rings. The van der Waals surface area contributed by atoms with E-state index in [1.54, 1.807) is 17.7 Å². The Bertz CT molecular complexity index is 962. The van der Waals surface area contributed by atoms with E-state index in [2.05, 4.69) is 57.2 Å². The molecule has 1 fully saturated rings. The smallest absolute Gasteiger partial charge is 0.141 e. The number of aliphatic hydroxyl groups excluding tert-OH is 1. The van der Waals surface area contributed by atoms with Gasteiger partial charge in [-0.1, -0.05) is 25.1 Å². The minimum atomic E-state index is -0.231. The van der Waals surface area contributed by atoms with E-state index in [1.807, 2.05) is 6.92 Å². The lowest BCUT2D eigenvalue weighted by Gasteiger charge is -2.36. The number of rotatable bonds is 5. The molecule has 6 heteroatoms. The van der Waals surface area contributed by atoms with Gasteiger partial charge in [0, 0.05) is 43.7 Å². The van der Waals surface area contributed by atoms with Gasteiger partial charge in [-0.2, -0.15) is 0 Å². The molecule has 1 N–H and O–H groups in total. The summed E-state index contributed by atoms with van der Waals surface area (Å²) in [6.07, 6.45) is 2.26. The normalized spacial score (nSPS) is 16.6. The van der Waals surface area contributed by atoms with Crippen molar-refractivity contribution in [2.45, 2.75) is 33.3 Å². The van der Waals surface area contributed by atoms with Crippen molar-refractivity contribution in [2.75, 3.05) is 37.6 Å². The number of thiophene rings is 1. The lowest BCUT2D eigenvalue weighted by Crippen LogP contribution is -2.48. The van der Waals surface area contributed by atoms with Crippen LogP contribution in [0.1, 0.15) is 24.5 Å². The SMILES string of the molecule is CC[C@H](O)CN1CCN(c2ncnc3scc(-c4ccc(C)c(C)c4)c23)CC1. The average molecular weight is 397 g/mol. The molecule has 1 aliphatic heterocycles. The molecular formula is C22H28N4OS. The first-order valence-corrected chi connectivity index (χ1v) is 10.9. The lowest BCUT2D eigenvalue weighted by molar-refractivity contribution is 0.106. The minimum Gasteiger partial charge on any atom is -0.392 e. The van der Waals surface area contributed by atoms with Crippen LogP contribution in [-0.4, -0.2) is 58.8 Å². The van der Waals surface area contributed by atoms with Gasteiger partial charge in [-0.25, -0.2) is 9.97 Å². The van der Waals surface area contributed by atoms with Crippen LogP contribution in [0.2, 0.25) is 0 Å². The van der Waals surface area contributed by atoms with Crippen LogP contribution < -0.4 is 4.90 Å². The molecule has 1 atom stereocenters. The zero-order valence-corrected chi connectivity index (χ0v) is 17.7. The van der Waals surface area contributed by atoms with Crippen LogP contribution >= 0.6 is 11.3 Å². The Balaban J connectivity index is 1.63. The Kier molecular flexibility index (Phi) is 5.62. The number of anilines is 1. The number of aryl methyl sites for hydroxylation is 2. The monoisotopic (exact) mass is 396 g/mol. The van der Waals surface area contributed by atoms with E-state index >= 15 is 0 Å². The van der Waals surface area contributed by atoms with Crippen LogP contribution in [0.5, 0.6) is 0 Å². The summed E-state index contributed by atoms with van der Waals surface area (Å²) < 4.78 is 0. The van der Waals surface area contributed by atoms with Gasteiger partial charge in [0.2, 0.25) is 0 Å². The summed E-state index contributed by atoms with van der Waals surface area (Å²) in [6.45, 7) is 10.8. The number of aliphatic hydroxyl groups is 1. The molecular weight excluding hydrogens is 368 g/mol. The van der Waals surface area contributed by atoms with Gasteiger partial charge in [0.25, 0.3) is 0 Å². The molecule has 4 rings (SSSR count). The van der Waals surface area contributed by atoms with Gasteiger partial charge < -0.3 is 10.0 Å². The Morgan fingerprint density at radius 2 is 1.89 bits per heavy atom. The van der Waals surface area contributed by atoms with Gasteiger partial charge in [-0.3, -0.25) is 4.90 Å². The van der Waals surface area contributed by atoms with E-state index in [0.29, 0.717) is 0 Å². The van der Waals surface area contributed by atoms with Gasteiger partial charge >= 0.3 is 0 Å². The number of benzene rings is 1. The molecule has 0 unspecified atom stereocenters. The number of piperazine rings is 1. The molecule has 5 nitrogen and oxygen atoms in total. The molecule has 0 amide bonds. The van der Waals surface area contributed by atoms with Crippen molar-refractivity contribution in [3.63, 3.8) is 0 Å². The molecule has 1 aromatic carbocycles. The summed E-state index contributed by atoms with van der Waals surface area (Å²) in [5, 5.41) is 13.3. The van der Waals surface area contributed by atoms with Crippen LogP contribution in [0.3, 0.4) is 0 Å². The first-order chi connectivity index (χ1) is 13.6. The van der Waals surface area contributed by atoms with Crippen LogP contribution in [0, 0.1) is 13.8 Å². The summed E-state index contributed by atoms with van der Waals surface area (Å²) in [6, 6.07) is 6.65. The predicted octanol–water partition coefficient (Wildman–Crippen LogP) is 3.87. The summed E-state index contributed by atoms with van der Waals surface area (Å²) in [4.78, 5) is 15.0. The second-order valence-corrected chi connectivity index (χ2v) is 8.53. The van der Waals surface area contributed by atoms with E-state index in [1.165, 1.54) is 22.3 Å². The van der Waals surface area contributed by atoms with Gasteiger partial charge in [0.05, 0.1) is 11.5 Å². The Labute approximate surface area is 170 Å². The maximum Gasteiger partial charge on any atom is 0.141 e. The third-order valence-corrected chi connectivity index (χ3v) is 6.67. The molecule has 1 saturated heterocycles. The first-order valence-electron chi connectivity index (χ1n) is 10.0. The van der Waals surface area contributed by atoms with Crippen molar-refractivity contribution in [1.82, 2.24) is 14.9 Å². The highest BCUT2D eigenvalue weighted by atomic mass is 32.1. The molecule has 3 heterocycles. The molecule has 3 aromatic rings. The third-order valence-electron chi connectivity index (χ3n) is 5.78. The number of β-amino-alcohol motifs (C(OH)–C–C–N with tert-alkyl or cyclic N) is 1. The average Bonchev–Trinajstić information content (AvgIpc) is 3.15. The molecule has 0 aliphatic carbocycles. The van der Waals surface area contributed by atoms with Crippen molar-refractivity contribution < 1.29 is 5.11 Å². The van der Waals surface area contributed by atoms with Crippen LogP contribution in [0.4, 0.5) is 5.82 Å². The fraction of sp³-hybridized carbons (Fsp3) is 0.455. The first kappa shape index (κ1) is 19.3. The van der Waals surface area contributed by atoms with Gasteiger partial charge in [0.15, 0.2) is 0 Å². The van der Waals surface area contributed by atoms with E-state index in [9.17, 15) is 5.11 Å². The van der Waals surface area contributed by atoms with Crippen molar-refractivity contribution in [1.29, 1.82) is 0 Å². The van der Waals surface area contributed by atoms with Crippen molar-refractivity contribution >= 4 is 27.4 Å². The van der Waals surface area contributed by atoms with Gasteiger partial charge in [-0.15, -0.1) is 11.3 Å². The number of hydrogen-bond donors (Lipinski definition) is 1. The van der Waals surface area contributed by atoms with Gasteiger partial charge in [-0.05, 0) is 37.0 Å². The Morgan fingerprint density at radius 1 is 1.11 bits per heavy atom. The molecule has 0 spiro atoms. The fourth-order valence-electron chi connectivity index (χ4n) is 3.79. The Morgan fingerprint density at radius 3 is 2.61 bits per heavy atom. The van der Waals surface area contributed by atoms with Crippen molar-refractivity contribution in [2.24, 2.45) is 0 Å². The highest BCUT2D eigenvalue weighted by molar-refractivity contribution is 7.17. The largest absolute Gasteiger partial charge is 0.392 e. The number of nitrogens with zero attached hydrogens (tertiary/aromatic N) is 4. The number of hydrogen-bond acceptors (Lipinski definition) is 6. The van der Waals surface area contributed by atoms with Crippen LogP contribution in [-0.2, 0) is 0 Å². The fourth-order valence-corrected chi connectivity index (χ4v) is 4.70. The summed E-state index contributed by atoms with van der Waals surface area (Å²) in [7, 11) is 0. The number of aromatic nitrogens is 2. The number of fused-ring (bicyclic) bond motifs is 1. The standard InChI is InChI=1S/C22H28N4OS/c1-4-18(27)12-25-7-9-26(10-8-25)21-20-19(13-28-22(20)24-14-23-21)17-6-5-15(2)16(3)11-17/h5-6,11,13-14,18,27H,4,7-10,12H2,1-3H3/t18-/m0/s1. The van der Waals surface area contributed by atoms with Crippen LogP contribution in [0.25, 0.3) is 21.3 Å². The summed E-state index contributed by atoms with van der Waals surface area (Å²) >= 11 is 1.69. The van der Waals surface area contributed by atoms with Crippen LogP contribution in [0.15, 0.2) is 29.9 Å². The molecule has 148 valence electrons. The second-order valence-electron chi connectivity index (χ2n) is 7.68. The lowest BCUT2D eigenvalue weighted by atomic mass is 10.0. The van der Waals surface area contributed by atoms with E-state index < -0.39 is 0 Å². The summed E-state index contributed by atoms with van der Waals surface area (Å²) in [5.74, 6) is 1.04. The summed E-state index contributed by atoms with van der Waals surface area (Å²) in [5.41, 5.74) is 5.07. The topological polar surface area (TPSA) is 52.5 Å². The van der Waals surface area contributed by atoms with E-state index in [0.717, 1.165) is 55.2 Å². The van der Waals surface area contributed by atoms with E-state index in [-0.39, 0.29) is 6.10 Å². The predicted molar refractivity (Wildman–Crippen MR) is 117 cm³/mol. The molecule has 0 radical (unpaired) electrons. The highest BCUT2D eigenvalue weighted by Gasteiger charge is 2.23. The quantitative estimate of drug-likeness (QED) is 0.710. The van der Waals surface area contributed by atoms with Gasteiger partial charge in [0.1, 0.15) is 17.0 Å². The third kappa shape index (κ3) is 3.77. The maximum atomic E-state index is 9.94. The zero-order valence-electron chi connectivity index (χ0n) is 16.9. The highest BCUT2D eigenvalue weighted by Crippen LogP contribution is 2.38. The molecule has 2 aromatic heterocycles. The molecule has 28 heavy (non-hydrogen) atoms. The zero-order chi connectivity index (χ0) is 19.7. The maximum absolute atomic E-state index is 9.94. The second kappa shape index (κ2) is 8.15. The Hall–Kier alpha value is -2.02. The van der Waals surface area contributed by atoms with E-state index in [4.69, 9.17) is 0 Å². The van der Waals surface area contributed by atoms with Crippen molar-refractivity contribution in [3.8, 4) is 11.1 Å². The minimum absolute atomic E-state index is 0.231. The molecule has 0 bridgehead atoms. The molecule has 0 saturated carbocycles.